The summed E-state index contributed by atoms with van der Waals surface area (Å²) in [5.74, 6) is 1.12. The molecule has 0 aliphatic rings. The summed E-state index contributed by atoms with van der Waals surface area (Å²) in [4.78, 5) is 6.63. The van der Waals surface area contributed by atoms with Crippen LogP contribution in [0.25, 0.3) is 0 Å². The number of aryl methyl sites for hydroxylation is 1. The fourth-order valence-electron chi connectivity index (χ4n) is 2.12. The van der Waals surface area contributed by atoms with Crippen LogP contribution in [0.15, 0.2) is 18.5 Å². The van der Waals surface area contributed by atoms with Crippen LogP contribution in [0.3, 0.4) is 0 Å². The highest BCUT2D eigenvalue weighted by molar-refractivity contribution is 5.16. The summed E-state index contributed by atoms with van der Waals surface area (Å²) >= 11 is 0. The first-order valence-electron chi connectivity index (χ1n) is 7.06. The van der Waals surface area contributed by atoms with Crippen LogP contribution in [0.2, 0.25) is 0 Å². The zero-order chi connectivity index (χ0) is 14.8. The molecule has 0 spiro atoms. The van der Waals surface area contributed by atoms with Crippen molar-refractivity contribution in [1.29, 1.82) is 0 Å². The van der Waals surface area contributed by atoms with Crippen molar-refractivity contribution in [1.82, 2.24) is 24.6 Å². The Kier molecular flexibility index (Phi) is 4.28. The monoisotopic (exact) mass is 275 g/mol. The van der Waals surface area contributed by atoms with Crippen LogP contribution in [-0.4, -0.2) is 38.2 Å². The number of nitrogens with zero attached hydrogens (tertiary/aromatic N) is 4. The SMILES string of the molecule is CN(CCc1nccn1C)Cc1cc(C(C)(C)C)n[nH]1. The van der Waals surface area contributed by atoms with Gasteiger partial charge < -0.3 is 9.47 Å². The first-order chi connectivity index (χ1) is 9.36. The van der Waals surface area contributed by atoms with E-state index in [4.69, 9.17) is 0 Å². The summed E-state index contributed by atoms with van der Waals surface area (Å²) in [6.07, 6.45) is 4.79. The molecule has 2 aromatic heterocycles. The van der Waals surface area contributed by atoms with Gasteiger partial charge in [-0.05, 0) is 13.1 Å². The molecular formula is C15H25N5. The molecule has 0 unspecified atom stereocenters. The minimum atomic E-state index is 0.0975. The van der Waals surface area contributed by atoms with Crippen LogP contribution in [0, 0.1) is 0 Å². The van der Waals surface area contributed by atoms with Gasteiger partial charge in [-0.2, -0.15) is 5.10 Å². The number of hydrogen-bond acceptors (Lipinski definition) is 3. The lowest BCUT2D eigenvalue weighted by atomic mass is 9.92. The molecule has 2 heterocycles. The zero-order valence-electron chi connectivity index (χ0n) is 13.1. The Morgan fingerprint density at radius 2 is 2.10 bits per heavy atom. The van der Waals surface area contributed by atoms with Crippen molar-refractivity contribution < 1.29 is 0 Å². The molecule has 0 amide bonds. The largest absolute Gasteiger partial charge is 0.338 e. The second-order valence-corrected chi connectivity index (χ2v) is 6.47. The molecule has 0 aliphatic carbocycles. The standard InChI is InChI=1S/C15H25N5/c1-15(2,3)13-10-12(17-18-13)11-19(4)8-6-14-16-7-9-20(14)5/h7,9-10H,6,8,11H2,1-5H3,(H,17,18). The van der Waals surface area contributed by atoms with E-state index in [0.717, 1.165) is 36.7 Å². The summed E-state index contributed by atoms with van der Waals surface area (Å²) in [5, 5.41) is 7.53. The van der Waals surface area contributed by atoms with E-state index in [1.54, 1.807) is 0 Å². The third-order valence-corrected chi connectivity index (χ3v) is 3.48. The van der Waals surface area contributed by atoms with Crippen molar-refractivity contribution >= 4 is 0 Å². The average Bonchev–Trinajstić information content (AvgIpc) is 2.95. The lowest BCUT2D eigenvalue weighted by molar-refractivity contribution is 0.323. The average molecular weight is 275 g/mol. The molecule has 0 saturated heterocycles. The van der Waals surface area contributed by atoms with Crippen LogP contribution < -0.4 is 0 Å². The van der Waals surface area contributed by atoms with Gasteiger partial charge in [0.1, 0.15) is 5.82 Å². The first-order valence-corrected chi connectivity index (χ1v) is 7.06. The van der Waals surface area contributed by atoms with E-state index in [2.05, 4.69) is 58.5 Å². The lowest BCUT2D eigenvalue weighted by Gasteiger charge is -2.15. The maximum atomic E-state index is 4.40. The second kappa shape index (κ2) is 5.79. The number of aromatic nitrogens is 4. The molecule has 5 nitrogen and oxygen atoms in total. The molecule has 20 heavy (non-hydrogen) atoms. The smallest absolute Gasteiger partial charge is 0.109 e. The molecule has 110 valence electrons. The quantitative estimate of drug-likeness (QED) is 0.909. The molecule has 0 bridgehead atoms. The maximum Gasteiger partial charge on any atom is 0.109 e. The summed E-state index contributed by atoms with van der Waals surface area (Å²) in [5.41, 5.74) is 2.38. The lowest BCUT2D eigenvalue weighted by Crippen LogP contribution is -2.22. The first kappa shape index (κ1) is 14.8. The maximum absolute atomic E-state index is 4.40. The molecular weight excluding hydrogens is 250 g/mol. The van der Waals surface area contributed by atoms with Crippen LogP contribution >= 0.6 is 0 Å². The molecule has 2 rings (SSSR count). The van der Waals surface area contributed by atoms with Gasteiger partial charge in [0, 0.05) is 50.1 Å². The fourth-order valence-corrected chi connectivity index (χ4v) is 2.12. The highest BCUT2D eigenvalue weighted by Crippen LogP contribution is 2.20. The van der Waals surface area contributed by atoms with Gasteiger partial charge in [0.25, 0.3) is 0 Å². The van der Waals surface area contributed by atoms with E-state index in [0.29, 0.717) is 0 Å². The van der Waals surface area contributed by atoms with Crippen molar-refractivity contribution in [2.24, 2.45) is 7.05 Å². The summed E-state index contributed by atoms with van der Waals surface area (Å²) in [6, 6.07) is 2.16. The number of H-pyrrole nitrogens is 1. The third-order valence-electron chi connectivity index (χ3n) is 3.48. The van der Waals surface area contributed by atoms with Crippen molar-refractivity contribution in [2.45, 2.75) is 39.2 Å². The molecule has 0 saturated carbocycles. The number of hydrogen-bond donors (Lipinski definition) is 1. The number of likely N-dealkylation sites (N-methyl/N-ethyl adjacent to an activating group) is 1. The molecule has 0 aliphatic heterocycles. The van der Waals surface area contributed by atoms with E-state index in [9.17, 15) is 0 Å². The summed E-state index contributed by atoms with van der Waals surface area (Å²) in [7, 11) is 4.16. The predicted octanol–water partition coefficient (Wildman–Crippen LogP) is 2.12. The van der Waals surface area contributed by atoms with E-state index >= 15 is 0 Å². The fraction of sp³-hybridized carbons (Fsp3) is 0.600. The van der Waals surface area contributed by atoms with Gasteiger partial charge in [-0.3, -0.25) is 5.10 Å². The Morgan fingerprint density at radius 1 is 1.35 bits per heavy atom. The van der Waals surface area contributed by atoms with Gasteiger partial charge in [0.05, 0.1) is 5.69 Å². The minimum absolute atomic E-state index is 0.0975. The third kappa shape index (κ3) is 3.70. The van der Waals surface area contributed by atoms with Gasteiger partial charge in [-0.15, -0.1) is 0 Å². The van der Waals surface area contributed by atoms with Crippen LogP contribution in [0.5, 0.6) is 0 Å². The Bertz CT molecular complexity index is 547. The topological polar surface area (TPSA) is 49.7 Å². The van der Waals surface area contributed by atoms with Crippen molar-refractivity contribution in [2.75, 3.05) is 13.6 Å². The van der Waals surface area contributed by atoms with Crippen molar-refractivity contribution in [3.8, 4) is 0 Å². The Labute approximate surface area is 121 Å². The summed E-state index contributed by atoms with van der Waals surface area (Å²) in [6.45, 7) is 8.40. The molecule has 1 N–H and O–H groups in total. The molecule has 0 radical (unpaired) electrons. The van der Waals surface area contributed by atoms with Crippen molar-refractivity contribution in [3.63, 3.8) is 0 Å². The van der Waals surface area contributed by atoms with Crippen LogP contribution in [-0.2, 0) is 25.4 Å². The number of nitrogens with one attached hydrogen (secondary N) is 1. The van der Waals surface area contributed by atoms with E-state index in [-0.39, 0.29) is 5.41 Å². The van der Waals surface area contributed by atoms with Crippen molar-refractivity contribution in [3.05, 3.63) is 35.7 Å². The second-order valence-electron chi connectivity index (χ2n) is 6.47. The van der Waals surface area contributed by atoms with E-state index in [1.807, 2.05) is 19.4 Å². The predicted molar refractivity (Wildman–Crippen MR) is 80.5 cm³/mol. The van der Waals surface area contributed by atoms with Gasteiger partial charge in [-0.1, -0.05) is 20.8 Å². The zero-order valence-corrected chi connectivity index (χ0v) is 13.1. The number of aromatic amines is 1. The number of rotatable bonds is 5. The minimum Gasteiger partial charge on any atom is -0.338 e. The molecule has 0 fully saturated rings. The van der Waals surface area contributed by atoms with E-state index < -0.39 is 0 Å². The normalized spacial score (nSPS) is 12.3. The number of imidazole rings is 1. The van der Waals surface area contributed by atoms with Crippen LogP contribution in [0.4, 0.5) is 0 Å². The van der Waals surface area contributed by atoms with Gasteiger partial charge in [-0.25, -0.2) is 4.98 Å². The Morgan fingerprint density at radius 3 is 2.65 bits per heavy atom. The Balaban J connectivity index is 1.87. The summed E-state index contributed by atoms with van der Waals surface area (Å²) < 4.78 is 2.07. The molecule has 0 aromatic carbocycles. The highest BCUT2D eigenvalue weighted by Gasteiger charge is 2.17. The van der Waals surface area contributed by atoms with Gasteiger partial charge in [0.15, 0.2) is 0 Å². The molecule has 2 aromatic rings. The Hall–Kier alpha value is -1.62. The highest BCUT2D eigenvalue weighted by atomic mass is 15.2. The van der Waals surface area contributed by atoms with Crippen LogP contribution in [0.1, 0.15) is 38.0 Å². The van der Waals surface area contributed by atoms with Gasteiger partial charge >= 0.3 is 0 Å². The van der Waals surface area contributed by atoms with E-state index in [1.165, 1.54) is 0 Å². The molecule has 5 heteroatoms. The van der Waals surface area contributed by atoms with Gasteiger partial charge in [0.2, 0.25) is 0 Å². The molecule has 0 atom stereocenters.